The molecule has 0 spiro atoms. The number of aromatic hydroxyl groups is 1. The van der Waals surface area contributed by atoms with Crippen molar-refractivity contribution in [3.05, 3.63) is 95.6 Å². The first-order chi connectivity index (χ1) is 13.5. The Hall–Kier alpha value is -3.60. The molecule has 2 amide bonds. The minimum Gasteiger partial charge on any atom is -0.508 e. The zero-order valence-electron chi connectivity index (χ0n) is 15.6. The van der Waals surface area contributed by atoms with Gasteiger partial charge in [-0.2, -0.15) is 0 Å². The summed E-state index contributed by atoms with van der Waals surface area (Å²) in [5.41, 5.74) is 2.69. The van der Waals surface area contributed by atoms with Gasteiger partial charge in [-0.1, -0.05) is 48.5 Å². The Morgan fingerprint density at radius 1 is 0.929 bits per heavy atom. The minimum absolute atomic E-state index is 0.0987. The quantitative estimate of drug-likeness (QED) is 0.609. The molecule has 0 fully saturated rings. The molecule has 0 aromatic heterocycles. The number of rotatable bonds is 6. The molecule has 0 radical (unpaired) electrons. The van der Waals surface area contributed by atoms with Gasteiger partial charge in [0.1, 0.15) is 5.75 Å². The van der Waals surface area contributed by atoms with Crippen molar-refractivity contribution < 1.29 is 14.7 Å². The second kappa shape index (κ2) is 8.86. The van der Waals surface area contributed by atoms with E-state index in [1.165, 1.54) is 0 Å². The first-order valence-corrected chi connectivity index (χ1v) is 9.05. The Morgan fingerprint density at radius 2 is 1.64 bits per heavy atom. The van der Waals surface area contributed by atoms with Gasteiger partial charge >= 0.3 is 0 Å². The number of benzene rings is 3. The number of phenolic OH excluding ortho intramolecular Hbond substituents is 1. The molecular formula is C23H22N2O3. The lowest BCUT2D eigenvalue weighted by Crippen LogP contribution is -2.28. The Morgan fingerprint density at radius 3 is 2.39 bits per heavy atom. The second-order valence-corrected chi connectivity index (χ2v) is 6.54. The van der Waals surface area contributed by atoms with Crippen molar-refractivity contribution >= 4 is 17.5 Å². The molecule has 5 nitrogen and oxygen atoms in total. The summed E-state index contributed by atoms with van der Waals surface area (Å²) in [6, 6.07) is 22.9. The van der Waals surface area contributed by atoms with Crippen LogP contribution in [-0.4, -0.2) is 16.9 Å². The number of para-hydroxylation sites is 1. The minimum atomic E-state index is -0.244. The van der Waals surface area contributed by atoms with E-state index in [9.17, 15) is 14.7 Å². The van der Waals surface area contributed by atoms with Crippen LogP contribution >= 0.6 is 0 Å². The standard InChI is InChI=1S/C23H22N2O3/c1-16(24-22(27)15-19-10-5-6-13-21(19)26)18-11-7-12-20(14-18)25-23(28)17-8-3-2-4-9-17/h2-14,16,26H,15H2,1H3,(H,24,27)(H,25,28). The first kappa shape index (κ1) is 19.2. The molecule has 3 aromatic rings. The zero-order valence-corrected chi connectivity index (χ0v) is 15.6. The lowest BCUT2D eigenvalue weighted by atomic mass is 10.1. The molecule has 3 N–H and O–H groups in total. The predicted molar refractivity (Wildman–Crippen MR) is 109 cm³/mol. The molecule has 0 aliphatic rings. The molecule has 0 aliphatic heterocycles. The lowest BCUT2D eigenvalue weighted by Gasteiger charge is -2.16. The molecule has 28 heavy (non-hydrogen) atoms. The third-order valence-electron chi connectivity index (χ3n) is 4.40. The molecule has 3 aromatic carbocycles. The van der Waals surface area contributed by atoms with E-state index < -0.39 is 0 Å². The maximum Gasteiger partial charge on any atom is 0.255 e. The van der Waals surface area contributed by atoms with Crippen LogP contribution in [-0.2, 0) is 11.2 Å². The van der Waals surface area contributed by atoms with Gasteiger partial charge in [0.05, 0.1) is 12.5 Å². The van der Waals surface area contributed by atoms with Gasteiger partial charge in [0, 0.05) is 16.8 Å². The van der Waals surface area contributed by atoms with Gasteiger partial charge in [0.15, 0.2) is 0 Å². The maximum absolute atomic E-state index is 12.3. The zero-order chi connectivity index (χ0) is 19.9. The fourth-order valence-corrected chi connectivity index (χ4v) is 2.89. The van der Waals surface area contributed by atoms with Gasteiger partial charge in [-0.05, 0) is 42.8 Å². The Kier molecular flexibility index (Phi) is 6.07. The molecule has 3 rings (SSSR count). The molecule has 0 bridgehead atoms. The third-order valence-corrected chi connectivity index (χ3v) is 4.40. The van der Waals surface area contributed by atoms with Gasteiger partial charge in [-0.3, -0.25) is 9.59 Å². The van der Waals surface area contributed by atoms with Crippen molar-refractivity contribution in [2.45, 2.75) is 19.4 Å². The fraction of sp³-hybridized carbons (Fsp3) is 0.130. The second-order valence-electron chi connectivity index (χ2n) is 6.54. The van der Waals surface area contributed by atoms with E-state index in [1.807, 2.05) is 43.3 Å². The highest BCUT2D eigenvalue weighted by Gasteiger charge is 2.13. The Labute approximate surface area is 164 Å². The highest BCUT2D eigenvalue weighted by Crippen LogP contribution is 2.20. The predicted octanol–water partition coefficient (Wildman–Crippen LogP) is 4.06. The van der Waals surface area contributed by atoms with Crippen LogP contribution in [0.5, 0.6) is 5.75 Å². The number of anilines is 1. The van der Waals surface area contributed by atoms with Crippen molar-refractivity contribution in [2.24, 2.45) is 0 Å². The van der Waals surface area contributed by atoms with E-state index in [-0.39, 0.29) is 30.0 Å². The van der Waals surface area contributed by atoms with E-state index in [0.29, 0.717) is 16.8 Å². The summed E-state index contributed by atoms with van der Waals surface area (Å²) in [7, 11) is 0. The average molecular weight is 374 g/mol. The van der Waals surface area contributed by atoms with Crippen LogP contribution in [0.3, 0.4) is 0 Å². The van der Waals surface area contributed by atoms with Gasteiger partial charge in [-0.15, -0.1) is 0 Å². The fourth-order valence-electron chi connectivity index (χ4n) is 2.89. The molecule has 5 heteroatoms. The SMILES string of the molecule is CC(NC(=O)Cc1ccccc1O)c1cccc(NC(=O)c2ccccc2)c1. The molecule has 0 saturated carbocycles. The van der Waals surface area contributed by atoms with E-state index in [4.69, 9.17) is 0 Å². The van der Waals surface area contributed by atoms with Crippen LogP contribution in [0.1, 0.15) is 34.5 Å². The summed E-state index contributed by atoms with van der Waals surface area (Å²) < 4.78 is 0. The van der Waals surface area contributed by atoms with Crippen LogP contribution in [0, 0.1) is 0 Å². The lowest BCUT2D eigenvalue weighted by molar-refractivity contribution is -0.121. The smallest absolute Gasteiger partial charge is 0.255 e. The summed E-state index contributed by atoms with van der Waals surface area (Å²) in [6.45, 7) is 1.88. The molecule has 1 unspecified atom stereocenters. The van der Waals surface area contributed by atoms with Crippen molar-refractivity contribution in [3.8, 4) is 5.75 Å². The number of phenols is 1. The topological polar surface area (TPSA) is 78.4 Å². The van der Waals surface area contributed by atoms with Crippen molar-refractivity contribution in [3.63, 3.8) is 0 Å². The van der Waals surface area contributed by atoms with Crippen molar-refractivity contribution in [1.29, 1.82) is 0 Å². The van der Waals surface area contributed by atoms with Gasteiger partial charge < -0.3 is 15.7 Å². The highest BCUT2D eigenvalue weighted by molar-refractivity contribution is 6.04. The monoisotopic (exact) mass is 374 g/mol. The summed E-state index contributed by atoms with van der Waals surface area (Å²) in [6.07, 6.45) is 0.0987. The molecule has 0 saturated heterocycles. The summed E-state index contributed by atoms with van der Waals surface area (Å²) >= 11 is 0. The maximum atomic E-state index is 12.3. The van der Waals surface area contributed by atoms with E-state index in [0.717, 1.165) is 5.56 Å². The Balaban J connectivity index is 1.63. The molecule has 0 aliphatic carbocycles. The molecular weight excluding hydrogens is 352 g/mol. The third kappa shape index (κ3) is 4.98. The molecule has 142 valence electrons. The number of hydrogen-bond donors (Lipinski definition) is 3. The van der Waals surface area contributed by atoms with Gasteiger partial charge in [0.2, 0.25) is 5.91 Å². The van der Waals surface area contributed by atoms with Crippen molar-refractivity contribution in [1.82, 2.24) is 5.32 Å². The van der Waals surface area contributed by atoms with Crippen LogP contribution < -0.4 is 10.6 Å². The average Bonchev–Trinajstić information content (AvgIpc) is 2.70. The Bertz CT molecular complexity index is 970. The normalized spacial score (nSPS) is 11.5. The number of carbonyl (C=O) groups excluding carboxylic acids is 2. The van der Waals surface area contributed by atoms with Crippen molar-refractivity contribution in [2.75, 3.05) is 5.32 Å². The van der Waals surface area contributed by atoms with E-state index in [1.54, 1.807) is 42.5 Å². The van der Waals surface area contributed by atoms with Crippen LogP contribution in [0.25, 0.3) is 0 Å². The number of amides is 2. The van der Waals surface area contributed by atoms with Gasteiger partial charge in [-0.25, -0.2) is 0 Å². The molecule has 0 heterocycles. The van der Waals surface area contributed by atoms with Crippen LogP contribution in [0.15, 0.2) is 78.9 Å². The highest BCUT2D eigenvalue weighted by atomic mass is 16.3. The van der Waals surface area contributed by atoms with E-state index in [2.05, 4.69) is 10.6 Å². The first-order valence-electron chi connectivity index (χ1n) is 9.05. The number of hydrogen-bond acceptors (Lipinski definition) is 3. The summed E-state index contributed by atoms with van der Waals surface area (Å²) in [4.78, 5) is 24.6. The van der Waals surface area contributed by atoms with Crippen LogP contribution in [0.4, 0.5) is 5.69 Å². The van der Waals surface area contributed by atoms with Crippen LogP contribution in [0.2, 0.25) is 0 Å². The largest absolute Gasteiger partial charge is 0.508 e. The summed E-state index contributed by atoms with van der Waals surface area (Å²) in [5.74, 6) is -0.266. The molecule has 1 atom stereocenters. The number of carbonyl (C=O) groups is 2. The van der Waals surface area contributed by atoms with Gasteiger partial charge in [0.25, 0.3) is 5.91 Å². The number of nitrogens with one attached hydrogen (secondary N) is 2. The summed E-state index contributed by atoms with van der Waals surface area (Å²) in [5, 5.41) is 15.6. The van der Waals surface area contributed by atoms with E-state index >= 15 is 0 Å².